The van der Waals surface area contributed by atoms with Crippen molar-refractivity contribution in [3.8, 4) is 0 Å². The summed E-state index contributed by atoms with van der Waals surface area (Å²) in [4.78, 5) is 37.6. The SMILES string of the molecule is CCCCCCCCCCCCCCCCCC(=O)OCC(COC(=O)CCCCCCCC)OC(=O)CCCCCCCCCCCCCCCCC. The molecule has 1 atom stereocenters. The zero-order chi connectivity index (χ0) is 39.4. The predicted octanol–water partition coefficient (Wildman–Crippen LogP) is 15.3. The van der Waals surface area contributed by atoms with E-state index in [0.29, 0.717) is 19.3 Å². The number of hydrogen-bond donors (Lipinski definition) is 0. The molecule has 6 heteroatoms. The second-order valence-electron chi connectivity index (χ2n) is 16.4. The van der Waals surface area contributed by atoms with Crippen molar-refractivity contribution >= 4 is 17.9 Å². The Morgan fingerprint density at radius 3 is 0.741 bits per heavy atom. The lowest BCUT2D eigenvalue weighted by atomic mass is 10.0. The van der Waals surface area contributed by atoms with Crippen molar-refractivity contribution in [2.24, 2.45) is 0 Å². The van der Waals surface area contributed by atoms with Gasteiger partial charge in [0, 0.05) is 19.3 Å². The highest BCUT2D eigenvalue weighted by Gasteiger charge is 2.19. The third-order valence-corrected chi connectivity index (χ3v) is 10.9. The number of carbonyl (C=O) groups is 3. The monoisotopic (exact) mass is 765 g/mol. The first-order chi connectivity index (χ1) is 26.5. The molecule has 320 valence electrons. The predicted molar refractivity (Wildman–Crippen MR) is 229 cm³/mol. The highest BCUT2D eigenvalue weighted by Crippen LogP contribution is 2.16. The Labute approximate surface area is 336 Å². The van der Waals surface area contributed by atoms with E-state index in [0.717, 1.165) is 57.8 Å². The molecular formula is C48H92O6. The van der Waals surface area contributed by atoms with Gasteiger partial charge in [-0.3, -0.25) is 14.4 Å². The number of ether oxygens (including phenoxy) is 3. The van der Waals surface area contributed by atoms with Crippen LogP contribution in [0.2, 0.25) is 0 Å². The normalized spacial score (nSPS) is 11.8. The van der Waals surface area contributed by atoms with E-state index in [-0.39, 0.29) is 31.1 Å². The van der Waals surface area contributed by atoms with Gasteiger partial charge in [0.1, 0.15) is 13.2 Å². The van der Waals surface area contributed by atoms with Crippen LogP contribution in [0, 0.1) is 0 Å². The van der Waals surface area contributed by atoms with E-state index in [4.69, 9.17) is 14.2 Å². The lowest BCUT2D eigenvalue weighted by molar-refractivity contribution is -0.167. The van der Waals surface area contributed by atoms with E-state index in [2.05, 4.69) is 20.8 Å². The molecule has 0 heterocycles. The molecule has 0 aliphatic rings. The van der Waals surface area contributed by atoms with Gasteiger partial charge in [-0.1, -0.05) is 233 Å². The van der Waals surface area contributed by atoms with Gasteiger partial charge in [-0.05, 0) is 19.3 Å². The Hall–Kier alpha value is -1.59. The molecule has 0 aromatic carbocycles. The molecule has 0 amide bonds. The summed E-state index contributed by atoms with van der Waals surface area (Å²) >= 11 is 0. The smallest absolute Gasteiger partial charge is 0.306 e. The number of unbranched alkanes of at least 4 members (excludes halogenated alkanes) is 33. The number of carbonyl (C=O) groups excluding carboxylic acids is 3. The lowest BCUT2D eigenvalue weighted by Crippen LogP contribution is -2.30. The third kappa shape index (κ3) is 41.6. The molecule has 0 aromatic heterocycles. The topological polar surface area (TPSA) is 78.9 Å². The van der Waals surface area contributed by atoms with Crippen LogP contribution in [-0.2, 0) is 28.6 Å². The van der Waals surface area contributed by atoms with Gasteiger partial charge in [-0.15, -0.1) is 0 Å². The maximum Gasteiger partial charge on any atom is 0.306 e. The van der Waals surface area contributed by atoms with Crippen LogP contribution in [0.4, 0.5) is 0 Å². The van der Waals surface area contributed by atoms with E-state index >= 15 is 0 Å². The summed E-state index contributed by atoms with van der Waals surface area (Å²) in [5.74, 6) is -0.857. The molecule has 0 N–H and O–H groups in total. The fraction of sp³-hybridized carbons (Fsp3) is 0.938. The summed E-state index contributed by atoms with van der Waals surface area (Å²) in [6.07, 6.45) is 45.3. The summed E-state index contributed by atoms with van der Waals surface area (Å²) in [7, 11) is 0. The van der Waals surface area contributed by atoms with E-state index in [1.165, 1.54) is 173 Å². The number of esters is 3. The third-order valence-electron chi connectivity index (χ3n) is 10.9. The standard InChI is InChI=1S/C48H92O6/c1-4-7-10-13-16-18-20-22-24-26-28-30-32-35-38-41-47(50)53-44-45(43-52-46(49)40-37-34-15-12-9-6-3)54-48(51)42-39-36-33-31-29-27-25-23-21-19-17-14-11-8-5-2/h45H,4-44H2,1-3H3. The molecular weight excluding hydrogens is 673 g/mol. The van der Waals surface area contributed by atoms with Gasteiger partial charge in [-0.2, -0.15) is 0 Å². The molecule has 54 heavy (non-hydrogen) atoms. The van der Waals surface area contributed by atoms with E-state index in [1.54, 1.807) is 0 Å². The van der Waals surface area contributed by atoms with Gasteiger partial charge >= 0.3 is 17.9 Å². The molecule has 0 bridgehead atoms. The molecule has 0 saturated heterocycles. The Kier molecular flexibility index (Phi) is 42.8. The molecule has 6 nitrogen and oxygen atoms in total. The Balaban J connectivity index is 4.19. The molecule has 0 aromatic rings. The highest BCUT2D eigenvalue weighted by atomic mass is 16.6. The summed E-state index contributed by atoms with van der Waals surface area (Å²) in [6.45, 7) is 6.61. The first kappa shape index (κ1) is 52.4. The van der Waals surface area contributed by atoms with Crippen LogP contribution in [0.25, 0.3) is 0 Å². The molecule has 0 aliphatic heterocycles. The zero-order valence-electron chi connectivity index (χ0n) is 36.5. The van der Waals surface area contributed by atoms with Crippen LogP contribution < -0.4 is 0 Å². The van der Waals surface area contributed by atoms with Gasteiger partial charge in [0.25, 0.3) is 0 Å². The van der Waals surface area contributed by atoms with Crippen molar-refractivity contribution in [2.45, 2.75) is 277 Å². The van der Waals surface area contributed by atoms with E-state index < -0.39 is 6.10 Å². The fourth-order valence-corrected chi connectivity index (χ4v) is 7.21. The first-order valence-corrected chi connectivity index (χ1v) is 24.0. The quantitative estimate of drug-likeness (QED) is 0.0349. The Morgan fingerprint density at radius 2 is 0.500 bits per heavy atom. The summed E-state index contributed by atoms with van der Waals surface area (Å²) in [5, 5.41) is 0. The van der Waals surface area contributed by atoms with Crippen LogP contribution in [0.1, 0.15) is 271 Å². The maximum absolute atomic E-state index is 12.7. The van der Waals surface area contributed by atoms with Crippen LogP contribution >= 0.6 is 0 Å². The average molecular weight is 765 g/mol. The Morgan fingerprint density at radius 1 is 0.296 bits per heavy atom. The molecule has 0 fully saturated rings. The van der Waals surface area contributed by atoms with Crippen molar-refractivity contribution in [3.05, 3.63) is 0 Å². The van der Waals surface area contributed by atoms with Crippen LogP contribution in [0.5, 0.6) is 0 Å². The van der Waals surface area contributed by atoms with Crippen molar-refractivity contribution in [3.63, 3.8) is 0 Å². The second kappa shape index (κ2) is 44.1. The lowest BCUT2D eigenvalue weighted by Gasteiger charge is -2.18. The molecule has 0 rings (SSSR count). The molecule has 1 unspecified atom stereocenters. The molecule has 0 radical (unpaired) electrons. The van der Waals surface area contributed by atoms with Crippen LogP contribution in [-0.4, -0.2) is 37.2 Å². The minimum Gasteiger partial charge on any atom is -0.462 e. The fourth-order valence-electron chi connectivity index (χ4n) is 7.21. The van der Waals surface area contributed by atoms with Crippen molar-refractivity contribution in [2.75, 3.05) is 13.2 Å². The van der Waals surface area contributed by atoms with Gasteiger partial charge < -0.3 is 14.2 Å². The number of hydrogen-bond acceptors (Lipinski definition) is 6. The molecule has 0 saturated carbocycles. The van der Waals surface area contributed by atoms with Crippen molar-refractivity contribution in [1.82, 2.24) is 0 Å². The van der Waals surface area contributed by atoms with Gasteiger partial charge in [0.15, 0.2) is 6.10 Å². The largest absolute Gasteiger partial charge is 0.462 e. The molecule has 0 spiro atoms. The second-order valence-corrected chi connectivity index (χ2v) is 16.4. The van der Waals surface area contributed by atoms with Crippen molar-refractivity contribution in [1.29, 1.82) is 0 Å². The first-order valence-electron chi connectivity index (χ1n) is 24.0. The molecule has 0 aliphatic carbocycles. The summed E-state index contributed by atoms with van der Waals surface area (Å²) < 4.78 is 16.7. The van der Waals surface area contributed by atoms with E-state index in [1.807, 2.05) is 0 Å². The Bertz CT molecular complexity index is 798. The van der Waals surface area contributed by atoms with E-state index in [9.17, 15) is 14.4 Å². The van der Waals surface area contributed by atoms with Crippen LogP contribution in [0.15, 0.2) is 0 Å². The number of rotatable bonds is 44. The minimum atomic E-state index is -0.757. The van der Waals surface area contributed by atoms with Crippen LogP contribution in [0.3, 0.4) is 0 Å². The summed E-state index contributed by atoms with van der Waals surface area (Å²) in [6, 6.07) is 0. The average Bonchev–Trinajstić information content (AvgIpc) is 3.17. The summed E-state index contributed by atoms with van der Waals surface area (Å²) in [5.41, 5.74) is 0. The van der Waals surface area contributed by atoms with Gasteiger partial charge in [0.2, 0.25) is 0 Å². The zero-order valence-corrected chi connectivity index (χ0v) is 36.5. The highest BCUT2D eigenvalue weighted by molar-refractivity contribution is 5.71. The minimum absolute atomic E-state index is 0.0630. The van der Waals surface area contributed by atoms with Gasteiger partial charge in [-0.25, -0.2) is 0 Å². The maximum atomic E-state index is 12.7. The van der Waals surface area contributed by atoms with Gasteiger partial charge in [0.05, 0.1) is 0 Å². The van der Waals surface area contributed by atoms with Crippen molar-refractivity contribution < 1.29 is 28.6 Å².